The molecule has 0 bridgehead atoms. The van der Waals surface area contributed by atoms with Crippen LogP contribution in [-0.2, 0) is 6.42 Å². The number of phenolic OH excluding ortho intramolecular Hbond substituents is 2. The lowest BCUT2D eigenvalue weighted by atomic mass is 9.76. The Morgan fingerprint density at radius 2 is 1.65 bits per heavy atom. The second-order valence-corrected chi connectivity index (χ2v) is 7.01. The van der Waals surface area contributed by atoms with E-state index in [0.29, 0.717) is 17.4 Å². The minimum absolute atomic E-state index is 0.375. The molecule has 1 aliphatic rings. The Labute approximate surface area is 138 Å². The van der Waals surface area contributed by atoms with Gasteiger partial charge >= 0.3 is 0 Å². The topological polar surface area (TPSA) is 40.5 Å². The summed E-state index contributed by atoms with van der Waals surface area (Å²) in [5, 5.41) is 19.4. The van der Waals surface area contributed by atoms with Crippen LogP contribution < -0.4 is 0 Å². The van der Waals surface area contributed by atoms with Crippen molar-refractivity contribution in [3.63, 3.8) is 0 Å². The van der Waals surface area contributed by atoms with Gasteiger partial charge in [-0.1, -0.05) is 18.2 Å². The first-order valence-corrected chi connectivity index (χ1v) is 8.61. The molecule has 3 rings (SSSR count). The fourth-order valence-corrected chi connectivity index (χ4v) is 3.87. The Bertz CT molecular complexity index is 682. The lowest BCUT2D eigenvalue weighted by Crippen LogP contribution is -2.16. The lowest BCUT2D eigenvalue weighted by Gasteiger charge is -2.29. The van der Waals surface area contributed by atoms with E-state index < -0.39 is 0 Å². The van der Waals surface area contributed by atoms with Crippen molar-refractivity contribution in [1.29, 1.82) is 0 Å². The highest BCUT2D eigenvalue weighted by atomic mass is 16.3. The zero-order valence-electron chi connectivity index (χ0n) is 14.0. The van der Waals surface area contributed by atoms with E-state index in [4.69, 9.17) is 0 Å². The third-order valence-corrected chi connectivity index (χ3v) is 5.57. The molecule has 0 spiro atoms. The van der Waals surface area contributed by atoms with Crippen LogP contribution in [0.15, 0.2) is 36.4 Å². The molecule has 23 heavy (non-hydrogen) atoms. The van der Waals surface area contributed by atoms with Gasteiger partial charge in [0.05, 0.1) is 0 Å². The van der Waals surface area contributed by atoms with Gasteiger partial charge in [0.2, 0.25) is 0 Å². The molecular weight excluding hydrogens is 284 g/mol. The van der Waals surface area contributed by atoms with Crippen LogP contribution in [0.2, 0.25) is 0 Å². The zero-order chi connectivity index (χ0) is 16.4. The molecule has 2 aromatic carbocycles. The summed E-state index contributed by atoms with van der Waals surface area (Å²) in [4.78, 5) is 0. The first kappa shape index (κ1) is 15.9. The first-order chi connectivity index (χ1) is 11.0. The van der Waals surface area contributed by atoms with E-state index in [2.05, 4.69) is 19.1 Å². The van der Waals surface area contributed by atoms with Crippen molar-refractivity contribution >= 4 is 0 Å². The summed E-state index contributed by atoms with van der Waals surface area (Å²) in [6, 6.07) is 11.6. The molecule has 2 aromatic rings. The second kappa shape index (κ2) is 6.66. The van der Waals surface area contributed by atoms with Gasteiger partial charge in [0, 0.05) is 0 Å². The molecule has 0 unspecified atom stereocenters. The van der Waals surface area contributed by atoms with Crippen LogP contribution in [0.5, 0.6) is 11.5 Å². The highest BCUT2D eigenvalue weighted by Crippen LogP contribution is 2.38. The standard InChI is InChI=1S/C21H26O2/c1-14-15(2)21(23)11-10-18(14)12-16-6-8-17(9-7-16)19-4-3-5-20(22)13-19/h3-5,10-11,13,16-17,22-23H,6-9,12H2,1-2H3. The average Bonchev–Trinajstić information content (AvgIpc) is 2.56. The minimum atomic E-state index is 0.375. The van der Waals surface area contributed by atoms with Crippen LogP contribution in [0.1, 0.15) is 53.9 Å². The van der Waals surface area contributed by atoms with Gasteiger partial charge in [0.1, 0.15) is 11.5 Å². The molecule has 1 saturated carbocycles. The number of hydrogen-bond donors (Lipinski definition) is 2. The summed E-state index contributed by atoms with van der Waals surface area (Å²) in [6.45, 7) is 4.11. The fraction of sp³-hybridized carbons (Fsp3) is 0.429. The fourth-order valence-electron chi connectivity index (χ4n) is 3.87. The number of phenols is 2. The van der Waals surface area contributed by atoms with Gasteiger partial charge in [0.15, 0.2) is 0 Å². The number of hydrogen-bond acceptors (Lipinski definition) is 2. The number of rotatable bonds is 3. The molecule has 0 amide bonds. The van der Waals surface area contributed by atoms with E-state index in [-0.39, 0.29) is 0 Å². The van der Waals surface area contributed by atoms with Crippen LogP contribution in [0.25, 0.3) is 0 Å². The summed E-state index contributed by atoms with van der Waals surface area (Å²) in [5.41, 5.74) is 4.90. The van der Waals surface area contributed by atoms with Crippen molar-refractivity contribution in [3.8, 4) is 11.5 Å². The monoisotopic (exact) mass is 310 g/mol. The largest absolute Gasteiger partial charge is 0.508 e. The van der Waals surface area contributed by atoms with Crippen molar-refractivity contribution in [2.75, 3.05) is 0 Å². The Balaban J connectivity index is 1.62. The molecule has 2 N–H and O–H groups in total. The molecule has 1 fully saturated rings. The third-order valence-electron chi connectivity index (χ3n) is 5.57. The van der Waals surface area contributed by atoms with Gasteiger partial charge in [-0.05, 0) is 98.2 Å². The predicted octanol–water partition coefficient (Wildman–Crippen LogP) is 5.23. The molecule has 2 nitrogen and oxygen atoms in total. The Hall–Kier alpha value is -1.96. The highest BCUT2D eigenvalue weighted by molar-refractivity contribution is 5.42. The summed E-state index contributed by atoms with van der Waals surface area (Å²) in [7, 11) is 0. The third kappa shape index (κ3) is 3.52. The van der Waals surface area contributed by atoms with E-state index in [9.17, 15) is 10.2 Å². The predicted molar refractivity (Wildman–Crippen MR) is 94.1 cm³/mol. The van der Waals surface area contributed by atoms with Gasteiger partial charge in [0.25, 0.3) is 0 Å². The summed E-state index contributed by atoms with van der Waals surface area (Å²) in [5.74, 6) is 2.09. The molecule has 0 heterocycles. The van der Waals surface area contributed by atoms with Crippen LogP contribution in [0.4, 0.5) is 0 Å². The lowest BCUT2D eigenvalue weighted by molar-refractivity contribution is 0.323. The zero-order valence-corrected chi connectivity index (χ0v) is 14.0. The quantitative estimate of drug-likeness (QED) is 0.814. The van der Waals surface area contributed by atoms with Gasteiger partial charge in [-0.15, -0.1) is 0 Å². The maximum absolute atomic E-state index is 9.79. The number of aromatic hydroxyl groups is 2. The SMILES string of the molecule is Cc1c(O)ccc(CC2CCC(c3cccc(O)c3)CC2)c1C. The molecule has 0 aromatic heterocycles. The van der Waals surface area contributed by atoms with Gasteiger partial charge in [-0.2, -0.15) is 0 Å². The van der Waals surface area contributed by atoms with Gasteiger partial charge in [-0.25, -0.2) is 0 Å². The summed E-state index contributed by atoms with van der Waals surface area (Å²) < 4.78 is 0. The van der Waals surface area contributed by atoms with Crippen LogP contribution in [0.3, 0.4) is 0 Å². The molecule has 1 aliphatic carbocycles. The van der Waals surface area contributed by atoms with Crippen LogP contribution in [-0.4, -0.2) is 10.2 Å². The summed E-state index contributed by atoms with van der Waals surface area (Å²) >= 11 is 0. The van der Waals surface area contributed by atoms with Crippen molar-refractivity contribution in [3.05, 3.63) is 58.7 Å². The first-order valence-electron chi connectivity index (χ1n) is 8.61. The van der Waals surface area contributed by atoms with Crippen molar-refractivity contribution in [1.82, 2.24) is 0 Å². The Morgan fingerprint density at radius 3 is 2.35 bits per heavy atom. The molecule has 0 aliphatic heterocycles. The van der Waals surface area contributed by atoms with E-state index in [1.165, 1.54) is 42.4 Å². The molecule has 0 saturated heterocycles. The second-order valence-electron chi connectivity index (χ2n) is 7.01. The molecule has 2 heteroatoms. The Kier molecular flexibility index (Phi) is 4.61. The van der Waals surface area contributed by atoms with E-state index in [1.807, 2.05) is 25.1 Å². The normalized spacial score (nSPS) is 21.3. The maximum atomic E-state index is 9.79. The molecule has 0 radical (unpaired) electrons. The van der Waals surface area contributed by atoms with Crippen molar-refractivity contribution in [2.24, 2.45) is 5.92 Å². The van der Waals surface area contributed by atoms with Gasteiger partial charge in [-0.3, -0.25) is 0 Å². The van der Waals surface area contributed by atoms with E-state index in [0.717, 1.165) is 17.9 Å². The average molecular weight is 310 g/mol. The smallest absolute Gasteiger partial charge is 0.118 e. The van der Waals surface area contributed by atoms with Crippen LogP contribution in [0, 0.1) is 19.8 Å². The highest BCUT2D eigenvalue weighted by Gasteiger charge is 2.23. The van der Waals surface area contributed by atoms with Crippen LogP contribution >= 0.6 is 0 Å². The minimum Gasteiger partial charge on any atom is -0.508 e. The van der Waals surface area contributed by atoms with Crippen molar-refractivity contribution in [2.45, 2.75) is 51.9 Å². The maximum Gasteiger partial charge on any atom is 0.118 e. The molecule has 0 atom stereocenters. The van der Waals surface area contributed by atoms with E-state index in [1.54, 1.807) is 6.07 Å². The Morgan fingerprint density at radius 1 is 0.913 bits per heavy atom. The van der Waals surface area contributed by atoms with Crippen molar-refractivity contribution < 1.29 is 10.2 Å². The molecule has 122 valence electrons. The van der Waals surface area contributed by atoms with Gasteiger partial charge < -0.3 is 10.2 Å². The summed E-state index contributed by atoms with van der Waals surface area (Å²) in [6.07, 6.45) is 5.98. The number of benzene rings is 2. The molecular formula is C21H26O2. The van der Waals surface area contributed by atoms with E-state index >= 15 is 0 Å².